The average molecular weight is 342 g/mol. The molecule has 5 rings (SSSR count). The zero-order chi connectivity index (χ0) is 15.7. The van der Waals surface area contributed by atoms with Crippen LogP contribution in [0.5, 0.6) is 0 Å². The van der Waals surface area contributed by atoms with Crippen molar-refractivity contribution in [3.63, 3.8) is 0 Å². The molecule has 116 valence electrons. The van der Waals surface area contributed by atoms with Gasteiger partial charge in [0.2, 0.25) is 11.8 Å². The van der Waals surface area contributed by atoms with Crippen LogP contribution in [0.2, 0.25) is 0 Å². The lowest BCUT2D eigenvalue weighted by atomic mass is 9.85. The number of imide groups is 1. The van der Waals surface area contributed by atoms with E-state index < -0.39 is 0 Å². The standard InChI is InChI=1S/C17H14N2O2S2/c1-22-17-18-11-5-4-10(7-12(11)23-17)19-15(20)13-8-2-3-9(6-8)14(13)16(19)21/h2-5,7-9,13-14H,6H2,1H3/t8-,9-,13-,14-/m0/s1. The van der Waals surface area contributed by atoms with Gasteiger partial charge in [0.15, 0.2) is 4.34 Å². The molecule has 1 aromatic carbocycles. The van der Waals surface area contributed by atoms with E-state index in [0.717, 1.165) is 21.0 Å². The molecule has 1 saturated heterocycles. The van der Waals surface area contributed by atoms with Gasteiger partial charge in [-0.2, -0.15) is 0 Å². The molecule has 2 aliphatic carbocycles. The predicted molar refractivity (Wildman–Crippen MR) is 91.6 cm³/mol. The van der Waals surface area contributed by atoms with Crippen molar-refractivity contribution >= 4 is 50.8 Å². The molecule has 0 unspecified atom stereocenters. The van der Waals surface area contributed by atoms with E-state index in [1.807, 2.05) is 24.5 Å². The Labute approximate surface area is 141 Å². The van der Waals surface area contributed by atoms with Crippen LogP contribution in [0.1, 0.15) is 6.42 Å². The van der Waals surface area contributed by atoms with Crippen molar-refractivity contribution in [1.82, 2.24) is 4.98 Å². The number of allylic oxidation sites excluding steroid dienone is 2. The molecule has 2 amide bonds. The van der Waals surface area contributed by atoms with Gasteiger partial charge < -0.3 is 0 Å². The van der Waals surface area contributed by atoms with E-state index in [9.17, 15) is 9.59 Å². The Morgan fingerprint density at radius 2 is 1.87 bits per heavy atom. The number of hydrogen-bond acceptors (Lipinski definition) is 5. The Balaban J connectivity index is 1.57. The number of rotatable bonds is 2. The van der Waals surface area contributed by atoms with Gasteiger partial charge in [-0.1, -0.05) is 23.9 Å². The summed E-state index contributed by atoms with van der Waals surface area (Å²) in [5, 5.41) is 0. The van der Waals surface area contributed by atoms with Crippen molar-refractivity contribution in [3.05, 3.63) is 30.4 Å². The largest absolute Gasteiger partial charge is 0.274 e. The van der Waals surface area contributed by atoms with Gasteiger partial charge in [0.1, 0.15) is 0 Å². The zero-order valence-electron chi connectivity index (χ0n) is 12.4. The normalized spacial score (nSPS) is 31.6. The lowest BCUT2D eigenvalue weighted by Crippen LogP contribution is -2.32. The van der Waals surface area contributed by atoms with Gasteiger partial charge >= 0.3 is 0 Å². The highest BCUT2D eigenvalue weighted by atomic mass is 32.2. The van der Waals surface area contributed by atoms with E-state index >= 15 is 0 Å². The summed E-state index contributed by atoms with van der Waals surface area (Å²) >= 11 is 3.21. The van der Waals surface area contributed by atoms with Crippen molar-refractivity contribution in [3.8, 4) is 0 Å². The first-order valence-corrected chi connectivity index (χ1v) is 9.72. The number of carbonyl (C=O) groups is 2. The minimum Gasteiger partial charge on any atom is -0.274 e. The monoisotopic (exact) mass is 342 g/mol. The Morgan fingerprint density at radius 3 is 2.52 bits per heavy atom. The van der Waals surface area contributed by atoms with Crippen LogP contribution in [0.15, 0.2) is 34.7 Å². The molecule has 2 fully saturated rings. The van der Waals surface area contributed by atoms with Crippen LogP contribution in [0.25, 0.3) is 10.2 Å². The molecule has 2 aromatic rings. The predicted octanol–water partition coefficient (Wildman–Crippen LogP) is 3.33. The van der Waals surface area contributed by atoms with Gasteiger partial charge in [-0.05, 0) is 42.7 Å². The summed E-state index contributed by atoms with van der Waals surface area (Å²) < 4.78 is 2.01. The fourth-order valence-corrected chi connectivity index (χ4v) is 5.80. The minimum atomic E-state index is -0.142. The second-order valence-corrected chi connectivity index (χ2v) is 8.43. The number of thioether (sulfide) groups is 1. The van der Waals surface area contributed by atoms with Gasteiger partial charge in [0.25, 0.3) is 0 Å². The van der Waals surface area contributed by atoms with Crippen LogP contribution >= 0.6 is 23.1 Å². The number of aromatic nitrogens is 1. The van der Waals surface area contributed by atoms with E-state index in [2.05, 4.69) is 17.1 Å². The summed E-state index contributed by atoms with van der Waals surface area (Å²) in [6, 6.07) is 5.68. The second kappa shape index (κ2) is 4.68. The third kappa shape index (κ3) is 1.76. The van der Waals surface area contributed by atoms with E-state index in [1.54, 1.807) is 23.1 Å². The fraction of sp³-hybridized carbons (Fsp3) is 0.353. The SMILES string of the molecule is CSc1nc2ccc(N3C(=O)[C@@H]4[C@@H](C3=O)[C@H]3C=C[C@H]4C3)cc2s1. The smallest absolute Gasteiger partial charge is 0.238 e. The number of fused-ring (bicyclic) bond motifs is 6. The highest BCUT2D eigenvalue weighted by Gasteiger charge is 2.59. The minimum absolute atomic E-state index is 0.0224. The highest BCUT2D eigenvalue weighted by molar-refractivity contribution is 8.00. The van der Waals surface area contributed by atoms with Crippen molar-refractivity contribution < 1.29 is 9.59 Å². The first kappa shape index (κ1) is 13.7. The van der Waals surface area contributed by atoms with Crippen LogP contribution in [0, 0.1) is 23.7 Å². The molecule has 4 nitrogen and oxygen atoms in total. The van der Waals surface area contributed by atoms with Crippen LogP contribution in [0.4, 0.5) is 5.69 Å². The lowest BCUT2D eigenvalue weighted by Gasteiger charge is -2.17. The average Bonchev–Trinajstić information content (AvgIpc) is 3.29. The molecule has 0 radical (unpaired) electrons. The maximum atomic E-state index is 12.8. The number of nitrogens with zero attached hydrogens (tertiary/aromatic N) is 2. The molecule has 2 heterocycles. The first-order chi connectivity index (χ1) is 11.2. The molecule has 2 bridgehead atoms. The molecular formula is C17H14N2O2S2. The summed E-state index contributed by atoms with van der Waals surface area (Å²) in [6.45, 7) is 0. The molecule has 4 atom stereocenters. The third-order valence-corrected chi connectivity index (χ3v) is 7.26. The molecule has 0 spiro atoms. The maximum absolute atomic E-state index is 12.8. The molecule has 3 aliphatic rings. The number of thiazole rings is 1. The van der Waals surface area contributed by atoms with E-state index in [-0.39, 0.29) is 35.5 Å². The molecule has 0 N–H and O–H groups in total. The van der Waals surface area contributed by atoms with Gasteiger partial charge in [-0.3, -0.25) is 9.59 Å². The number of hydrogen-bond donors (Lipinski definition) is 0. The number of amides is 2. The molecular weight excluding hydrogens is 328 g/mol. The van der Waals surface area contributed by atoms with Crippen LogP contribution in [-0.4, -0.2) is 23.1 Å². The van der Waals surface area contributed by atoms with Crippen molar-refractivity contribution in [2.24, 2.45) is 23.7 Å². The summed E-state index contributed by atoms with van der Waals surface area (Å²) in [4.78, 5) is 31.6. The Hall–Kier alpha value is -1.66. The summed E-state index contributed by atoms with van der Waals surface area (Å²) in [5.74, 6) is 0.174. The van der Waals surface area contributed by atoms with Gasteiger partial charge in [-0.15, -0.1) is 11.3 Å². The van der Waals surface area contributed by atoms with Crippen LogP contribution in [0.3, 0.4) is 0 Å². The van der Waals surface area contributed by atoms with Crippen molar-refractivity contribution in [2.75, 3.05) is 11.2 Å². The molecule has 23 heavy (non-hydrogen) atoms. The van der Waals surface area contributed by atoms with E-state index in [1.165, 1.54) is 4.90 Å². The molecule has 6 heteroatoms. The van der Waals surface area contributed by atoms with Gasteiger partial charge in [-0.25, -0.2) is 9.88 Å². The quantitative estimate of drug-likeness (QED) is 0.477. The zero-order valence-corrected chi connectivity index (χ0v) is 14.1. The molecule has 1 saturated carbocycles. The lowest BCUT2D eigenvalue weighted by molar-refractivity contribution is -0.123. The highest BCUT2D eigenvalue weighted by Crippen LogP contribution is 2.53. The molecule has 1 aromatic heterocycles. The van der Waals surface area contributed by atoms with Crippen molar-refractivity contribution in [1.29, 1.82) is 0 Å². The van der Waals surface area contributed by atoms with Gasteiger partial charge in [0, 0.05) is 0 Å². The van der Waals surface area contributed by atoms with E-state index in [4.69, 9.17) is 0 Å². The fourth-order valence-electron chi connectivity index (χ4n) is 4.28. The number of anilines is 1. The summed E-state index contributed by atoms with van der Waals surface area (Å²) in [7, 11) is 0. The molecule has 1 aliphatic heterocycles. The Kier molecular flexibility index (Phi) is 2.79. The van der Waals surface area contributed by atoms with Crippen LogP contribution < -0.4 is 4.90 Å². The number of carbonyl (C=O) groups excluding carboxylic acids is 2. The number of benzene rings is 1. The second-order valence-electron chi connectivity index (χ2n) is 6.35. The Morgan fingerprint density at radius 1 is 1.17 bits per heavy atom. The van der Waals surface area contributed by atoms with Crippen LogP contribution in [-0.2, 0) is 9.59 Å². The van der Waals surface area contributed by atoms with Crippen molar-refractivity contribution in [2.45, 2.75) is 10.8 Å². The third-order valence-electron chi connectivity index (χ3n) is 5.26. The summed E-state index contributed by atoms with van der Waals surface area (Å²) in [5.41, 5.74) is 1.61. The van der Waals surface area contributed by atoms with E-state index in [0.29, 0.717) is 5.69 Å². The van der Waals surface area contributed by atoms with Gasteiger partial charge in [0.05, 0.1) is 27.7 Å². The maximum Gasteiger partial charge on any atom is 0.238 e. The topological polar surface area (TPSA) is 50.3 Å². The summed E-state index contributed by atoms with van der Waals surface area (Å²) in [6.07, 6.45) is 7.21. The first-order valence-electron chi connectivity index (χ1n) is 7.68. The Bertz CT molecular complexity index is 858.